The van der Waals surface area contributed by atoms with Gasteiger partial charge < -0.3 is 5.11 Å². The molecule has 1 N–H and O–H groups in total. The van der Waals surface area contributed by atoms with Gasteiger partial charge in [-0.05, 0) is 32.2 Å². The molecule has 0 aliphatic carbocycles. The molecule has 16 heavy (non-hydrogen) atoms. The van der Waals surface area contributed by atoms with E-state index in [2.05, 4.69) is 4.90 Å². The van der Waals surface area contributed by atoms with Gasteiger partial charge in [-0.1, -0.05) is 6.42 Å². The second kappa shape index (κ2) is 4.18. The normalized spacial score (nSPS) is 36.4. The highest BCUT2D eigenvalue weighted by Gasteiger charge is 2.47. The molecule has 0 saturated carbocycles. The highest BCUT2D eigenvalue weighted by atomic mass is 19.4. The van der Waals surface area contributed by atoms with Crippen molar-refractivity contribution in [2.24, 2.45) is 0 Å². The molecule has 2 unspecified atom stereocenters. The maximum atomic E-state index is 12.2. The average Bonchev–Trinajstić information content (AvgIpc) is 2.55. The molecule has 2 aliphatic heterocycles. The Hall–Kier alpha value is -0.290. The predicted octanol–water partition coefficient (Wildman–Crippen LogP) is 2.32. The van der Waals surface area contributed by atoms with Crippen molar-refractivity contribution in [3.05, 3.63) is 0 Å². The van der Waals surface area contributed by atoms with Crippen LogP contribution >= 0.6 is 0 Å². The van der Waals surface area contributed by atoms with Crippen molar-refractivity contribution in [3.8, 4) is 0 Å². The zero-order chi connectivity index (χ0) is 11.8. The van der Waals surface area contributed by atoms with E-state index < -0.39 is 18.2 Å². The topological polar surface area (TPSA) is 23.5 Å². The summed E-state index contributed by atoms with van der Waals surface area (Å²) in [6.45, 7) is 1.68. The van der Waals surface area contributed by atoms with E-state index in [9.17, 15) is 18.3 Å². The van der Waals surface area contributed by atoms with Gasteiger partial charge in [-0.2, -0.15) is 13.2 Å². The molecule has 94 valence electrons. The summed E-state index contributed by atoms with van der Waals surface area (Å²) in [5, 5.41) is 10.3. The second-order valence-corrected chi connectivity index (χ2v) is 5.02. The summed E-state index contributed by atoms with van der Waals surface area (Å²) in [7, 11) is 0. The van der Waals surface area contributed by atoms with Gasteiger partial charge in [-0.15, -0.1) is 0 Å². The van der Waals surface area contributed by atoms with Gasteiger partial charge in [0.15, 0.2) is 0 Å². The molecule has 2 aliphatic rings. The Labute approximate surface area is 93.4 Å². The number of hydrogen-bond donors (Lipinski definition) is 1. The van der Waals surface area contributed by atoms with Crippen LogP contribution < -0.4 is 0 Å². The first-order valence-electron chi connectivity index (χ1n) is 5.94. The molecular weight excluding hydrogens is 219 g/mol. The summed E-state index contributed by atoms with van der Waals surface area (Å²) in [5.74, 6) is 0. The van der Waals surface area contributed by atoms with Crippen LogP contribution in [0.1, 0.15) is 38.5 Å². The van der Waals surface area contributed by atoms with Gasteiger partial charge in [0.2, 0.25) is 0 Å². The molecule has 2 nitrogen and oxygen atoms in total. The van der Waals surface area contributed by atoms with E-state index in [4.69, 9.17) is 0 Å². The number of halogens is 3. The van der Waals surface area contributed by atoms with Crippen molar-refractivity contribution < 1.29 is 18.3 Å². The Kier molecular flexibility index (Phi) is 3.18. The molecule has 0 amide bonds. The molecule has 0 spiro atoms. The molecule has 0 aromatic carbocycles. The lowest BCUT2D eigenvalue weighted by molar-refractivity contribution is -0.149. The van der Waals surface area contributed by atoms with Crippen LogP contribution in [-0.2, 0) is 0 Å². The van der Waals surface area contributed by atoms with E-state index >= 15 is 0 Å². The van der Waals surface area contributed by atoms with Gasteiger partial charge in [0.1, 0.15) is 0 Å². The van der Waals surface area contributed by atoms with Crippen LogP contribution in [-0.4, -0.2) is 40.9 Å². The SMILES string of the molecule is OC1(CCC(F)(F)F)CCN2CCCCC21. The molecule has 2 saturated heterocycles. The summed E-state index contributed by atoms with van der Waals surface area (Å²) < 4.78 is 36.5. The molecular formula is C11H18F3NO. The van der Waals surface area contributed by atoms with E-state index in [1.165, 1.54) is 0 Å². The molecule has 0 radical (unpaired) electrons. The zero-order valence-corrected chi connectivity index (χ0v) is 9.26. The Morgan fingerprint density at radius 3 is 2.69 bits per heavy atom. The Bertz CT molecular complexity index is 256. The van der Waals surface area contributed by atoms with Crippen LogP contribution in [0.5, 0.6) is 0 Å². The summed E-state index contributed by atoms with van der Waals surface area (Å²) in [4.78, 5) is 2.15. The molecule has 0 aromatic rings. The highest BCUT2D eigenvalue weighted by Crippen LogP contribution is 2.39. The van der Waals surface area contributed by atoms with E-state index in [1.54, 1.807) is 0 Å². The standard InChI is InChI=1S/C11H18F3NO/c12-11(13,14)5-4-10(16)6-8-15-7-2-1-3-9(10)15/h9,16H,1-8H2. The number of piperidine rings is 1. The zero-order valence-electron chi connectivity index (χ0n) is 9.26. The Morgan fingerprint density at radius 1 is 1.25 bits per heavy atom. The first kappa shape index (κ1) is 12.2. The number of fused-ring (bicyclic) bond motifs is 1. The number of nitrogens with zero attached hydrogens (tertiary/aromatic N) is 1. The number of alkyl halides is 3. The Morgan fingerprint density at radius 2 is 2.00 bits per heavy atom. The average molecular weight is 237 g/mol. The van der Waals surface area contributed by atoms with Crippen LogP contribution in [0.4, 0.5) is 13.2 Å². The summed E-state index contributed by atoms with van der Waals surface area (Å²) >= 11 is 0. The Balaban J connectivity index is 1.96. The minimum absolute atomic E-state index is 0.0383. The second-order valence-electron chi connectivity index (χ2n) is 5.02. The van der Waals surface area contributed by atoms with Crippen LogP contribution in [0, 0.1) is 0 Å². The van der Waals surface area contributed by atoms with Gasteiger partial charge in [0.05, 0.1) is 5.60 Å². The fourth-order valence-electron chi connectivity index (χ4n) is 3.02. The first-order valence-corrected chi connectivity index (χ1v) is 5.94. The maximum absolute atomic E-state index is 12.2. The summed E-state index contributed by atoms with van der Waals surface area (Å²) in [6, 6.07) is -0.0383. The van der Waals surface area contributed by atoms with Gasteiger partial charge in [0, 0.05) is 19.0 Å². The third-order valence-corrected chi connectivity index (χ3v) is 3.91. The van der Waals surface area contributed by atoms with Crippen molar-refractivity contribution in [1.29, 1.82) is 0 Å². The molecule has 2 rings (SSSR count). The number of rotatable bonds is 2. The predicted molar refractivity (Wildman–Crippen MR) is 54.1 cm³/mol. The van der Waals surface area contributed by atoms with Gasteiger partial charge in [-0.25, -0.2) is 0 Å². The number of hydrogen-bond acceptors (Lipinski definition) is 2. The minimum Gasteiger partial charge on any atom is -0.388 e. The van der Waals surface area contributed by atoms with Crippen LogP contribution in [0.25, 0.3) is 0 Å². The van der Waals surface area contributed by atoms with E-state index in [1.807, 2.05) is 0 Å². The first-order chi connectivity index (χ1) is 7.41. The van der Waals surface area contributed by atoms with Crippen LogP contribution in [0.2, 0.25) is 0 Å². The highest BCUT2D eigenvalue weighted by molar-refractivity contribution is 5.01. The van der Waals surface area contributed by atoms with Crippen molar-refractivity contribution >= 4 is 0 Å². The van der Waals surface area contributed by atoms with Gasteiger partial charge >= 0.3 is 6.18 Å². The lowest BCUT2D eigenvalue weighted by Crippen LogP contribution is -2.47. The lowest BCUT2D eigenvalue weighted by Gasteiger charge is -2.37. The molecule has 0 aromatic heterocycles. The number of aliphatic hydroxyl groups is 1. The van der Waals surface area contributed by atoms with Crippen molar-refractivity contribution in [2.45, 2.75) is 56.3 Å². The van der Waals surface area contributed by atoms with Crippen LogP contribution in [0.15, 0.2) is 0 Å². The van der Waals surface area contributed by atoms with Crippen LogP contribution in [0.3, 0.4) is 0 Å². The third kappa shape index (κ3) is 2.51. The van der Waals surface area contributed by atoms with Crippen molar-refractivity contribution in [3.63, 3.8) is 0 Å². The van der Waals surface area contributed by atoms with Gasteiger partial charge in [-0.3, -0.25) is 4.90 Å². The van der Waals surface area contributed by atoms with Gasteiger partial charge in [0.25, 0.3) is 0 Å². The van der Waals surface area contributed by atoms with E-state index in [-0.39, 0.29) is 12.5 Å². The fraction of sp³-hybridized carbons (Fsp3) is 1.00. The quantitative estimate of drug-likeness (QED) is 0.796. The lowest BCUT2D eigenvalue weighted by atomic mass is 9.85. The van der Waals surface area contributed by atoms with Crippen molar-refractivity contribution in [1.82, 2.24) is 4.90 Å². The largest absolute Gasteiger partial charge is 0.389 e. The van der Waals surface area contributed by atoms with Crippen molar-refractivity contribution in [2.75, 3.05) is 13.1 Å². The van der Waals surface area contributed by atoms with E-state index in [0.29, 0.717) is 6.42 Å². The smallest absolute Gasteiger partial charge is 0.388 e. The van der Waals surface area contributed by atoms with E-state index in [0.717, 1.165) is 32.4 Å². The maximum Gasteiger partial charge on any atom is 0.389 e. The molecule has 5 heteroatoms. The molecule has 2 heterocycles. The third-order valence-electron chi connectivity index (χ3n) is 3.91. The molecule has 2 fully saturated rings. The fourth-order valence-corrected chi connectivity index (χ4v) is 3.02. The minimum atomic E-state index is -4.15. The monoisotopic (exact) mass is 237 g/mol. The molecule has 2 atom stereocenters. The summed E-state index contributed by atoms with van der Waals surface area (Å²) in [6.07, 6.45) is -1.70. The summed E-state index contributed by atoms with van der Waals surface area (Å²) in [5.41, 5.74) is -1.10. The molecule has 0 bridgehead atoms.